The van der Waals surface area contributed by atoms with Gasteiger partial charge >= 0.3 is 19.8 Å². The van der Waals surface area contributed by atoms with Gasteiger partial charge in [0, 0.05) is 12.8 Å². The Morgan fingerprint density at radius 3 is 1.77 bits per heavy atom. The van der Waals surface area contributed by atoms with Gasteiger partial charge in [-0.1, -0.05) is 153 Å². The molecule has 1 fully saturated rings. The topological polar surface area (TPSA) is 161 Å². The fourth-order valence-electron chi connectivity index (χ4n) is 6.20. The van der Waals surface area contributed by atoms with Crippen molar-refractivity contribution < 1.29 is 52.5 Å². The highest BCUT2D eigenvalue weighted by molar-refractivity contribution is 7.47. The largest absolute Gasteiger partial charge is 0.472 e. The molecule has 56 heavy (non-hydrogen) atoms. The molecule has 1 heterocycles. The molecule has 5 atom stereocenters. The van der Waals surface area contributed by atoms with Gasteiger partial charge in [0.05, 0.1) is 32.0 Å². The highest BCUT2D eigenvalue weighted by Gasteiger charge is 2.37. The molecular weight excluding hydrogens is 735 g/mol. The number of hydrogen-bond acceptors (Lipinski definition) is 10. The summed E-state index contributed by atoms with van der Waals surface area (Å²) in [4.78, 5) is 35.1. The lowest BCUT2D eigenvalue weighted by Crippen LogP contribution is -2.30. The number of aliphatic hydroxyl groups is 2. The Morgan fingerprint density at radius 2 is 1.16 bits per heavy atom. The van der Waals surface area contributed by atoms with Crippen LogP contribution in [0.15, 0.2) is 36.5 Å². The fraction of sp³-hybridized carbons (Fsp3) is 0.818. The second-order valence-corrected chi connectivity index (χ2v) is 16.6. The molecule has 0 aromatic heterocycles. The first-order valence-corrected chi connectivity index (χ1v) is 23.6. The average molecular weight is 815 g/mol. The Labute approximate surface area is 339 Å². The minimum atomic E-state index is -4.64. The first kappa shape index (κ1) is 52.2. The maximum atomic E-state index is 12.7. The van der Waals surface area contributed by atoms with E-state index in [2.05, 4.69) is 54.8 Å². The van der Waals surface area contributed by atoms with Crippen molar-refractivity contribution in [1.29, 1.82) is 0 Å². The van der Waals surface area contributed by atoms with Crippen molar-refractivity contribution >= 4 is 19.8 Å². The van der Waals surface area contributed by atoms with Crippen LogP contribution in [0.4, 0.5) is 0 Å². The molecular formula is C44H79O11P. The Morgan fingerprint density at radius 1 is 0.643 bits per heavy atom. The van der Waals surface area contributed by atoms with Gasteiger partial charge in [-0.05, 0) is 51.4 Å². The minimum absolute atomic E-state index is 0.0901. The van der Waals surface area contributed by atoms with Crippen LogP contribution >= 0.6 is 7.82 Å². The number of allylic oxidation sites excluding steroid dienone is 5. The van der Waals surface area contributed by atoms with Crippen molar-refractivity contribution in [2.24, 2.45) is 0 Å². The summed E-state index contributed by atoms with van der Waals surface area (Å²) in [5.41, 5.74) is 0. The average Bonchev–Trinajstić information content (AvgIpc) is 3.94. The van der Waals surface area contributed by atoms with Crippen molar-refractivity contribution in [3.05, 3.63) is 36.5 Å². The molecule has 1 aliphatic heterocycles. The highest BCUT2D eigenvalue weighted by atomic mass is 31.2. The maximum absolute atomic E-state index is 12.7. The summed E-state index contributed by atoms with van der Waals surface area (Å²) in [5.74, 6) is -0.997. The lowest BCUT2D eigenvalue weighted by atomic mass is 10.0. The molecule has 11 nitrogen and oxygen atoms in total. The molecule has 0 spiro atoms. The molecule has 0 aliphatic carbocycles. The SMILES string of the molecule is CCCCC/C=C\C/C=C\C/C=C\CC1OC1CCCC(=O)O[C@H](COC(=O)CCCCCCCCCCCCCCCCC)COP(=O)(O)OC[C@@H](O)CO. The molecule has 0 radical (unpaired) electrons. The van der Waals surface area contributed by atoms with Gasteiger partial charge in [-0.3, -0.25) is 18.6 Å². The zero-order valence-corrected chi connectivity index (χ0v) is 35.9. The van der Waals surface area contributed by atoms with Crippen LogP contribution in [0.1, 0.15) is 181 Å². The highest BCUT2D eigenvalue weighted by Crippen LogP contribution is 2.43. The van der Waals surface area contributed by atoms with Crippen molar-refractivity contribution in [3.8, 4) is 0 Å². The summed E-state index contributed by atoms with van der Waals surface area (Å²) in [6.07, 6.45) is 38.4. The van der Waals surface area contributed by atoms with Gasteiger partial charge in [0.2, 0.25) is 0 Å². The van der Waals surface area contributed by atoms with Gasteiger partial charge in [0.15, 0.2) is 6.10 Å². The predicted molar refractivity (Wildman–Crippen MR) is 223 cm³/mol. The van der Waals surface area contributed by atoms with E-state index in [1.54, 1.807) is 0 Å². The number of phosphoric ester groups is 1. The van der Waals surface area contributed by atoms with Crippen LogP contribution in [0.2, 0.25) is 0 Å². The molecule has 0 bridgehead atoms. The summed E-state index contributed by atoms with van der Waals surface area (Å²) in [6, 6.07) is 0. The van der Waals surface area contributed by atoms with Gasteiger partial charge < -0.3 is 29.3 Å². The third-order valence-corrected chi connectivity index (χ3v) is 10.7. The van der Waals surface area contributed by atoms with E-state index in [9.17, 15) is 24.2 Å². The van der Waals surface area contributed by atoms with Crippen LogP contribution in [0.5, 0.6) is 0 Å². The quantitative estimate of drug-likeness (QED) is 0.0177. The number of epoxide rings is 1. The second kappa shape index (κ2) is 36.2. The first-order chi connectivity index (χ1) is 27.2. The number of esters is 2. The third kappa shape index (κ3) is 33.2. The third-order valence-electron chi connectivity index (χ3n) is 9.72. The molecule has 3 unspecified atom stereocenters. The lowest BCUT2D eigenvalue weighted by molar-refractivity contribution is -0.161. The number of ether oxygens (including phenoxy) is 3. The molecule has 326 valence electrons. The Balaban J connectivity index is 2.30. The molecule has 0 saturated carbocycles. The van der Waals surface area contributed by atoms with E-state index >= 15 is 0 Å². The van der Waals surface area contributed by atoms with Crippen molar-refractivity contribution in [3.63, 3.8) is 0 Å². The Bertz CT molecular complexity index is 1090. The van der Waals surface area contributed by atoms with E-state index < -0.39 is 51.8 Å². The zero-order chi connectivity index (χ0) is 41.0. The molecule has 0 amide bonds. The lowest BCUT2D eigenvalue weighted by Gasteiger charge is -2.20. The summed E-state index contributed by atoms with van der Waals surface area (Å²) >= 11 is 0. The van der Waals surface area contributed by atoms with Crippen LogP contribution in [-0.2, 0) is 37.4 Å². The summed E-state index contributed by atoms with van der Waals surface area (Å²) in [7, 11) is -4.64. The summed E-state index contributed by atoms with van der Waals surface area (Å²) in [5, 5.41) is 18.4. The van der Waals surface area contributed by atoms with Crippen molar-refractivity contribution in [2.75, 3.05) is 26.4 Å². The van der Waals surface area contributed by atoms with Gasteiger partial charge in [-0.15, -0.1) is 0 Å². The number of rotatable bonds is 40. The molecule has 1 aliphatic rings. The van der Waals surface area contributed by atoms with Crippen molar-refractivity contribution in [2.45, 2.75) is 205 Å². The Hall–Kier alpha value is -1.85. The normalized spacial score (nSPS) is 17.8. The molecule has 3 N–H and O–H groups in total. The van der Waals surface area contributed by atoms with Crippen LogP contribution in [0, 0.1) is 0 Å². The maximum Gasteiger partial charge on any atom is 0.472 e. The molecule has 1 rings (SSSR count). The standard InChI is InChI=1S/C44H79O11P/c1-3-5-7-9-11-13-15-17-18-19-21-23-25-27-29-33-43(47)51-37-40(38-53-56(49,50)52-36-39(46)35-45)54-44(48)34-30-32-42-41(55-42)31-28-26-24-22-20-16-14-12-10-8-6-4-2/h12,14,20,22,26,28,39-42,45-46H,3-11,13,15-19,21,23-25,27,29-38H2,1-2H3,(H,49,50)/b14-12-,22-20-,28-26-/t39-,40+,41?,42?/m0/s1. The number of hydrogen-bond donors (Lipinski definition) is 3. The van der Waals surface area contributed by atoms with E-state index in [4.69, 9.17) is 23.8 Å². The Kier molecular flexibility index (Phi) is 33.8. The van der Waals surface area contributed by atoms with E-state index in [-0.39, 0.29) is 31.7 Å². The second-order valence-electron chi connectivity index (χ2n) is 15.1. The molecule has 12 heteroatoms. The van der Waals surface area contributed by atoms with E-state index in [1.165, 1.54) is 89.9 Å². The van der Waals surface area contributed by atoms with Crippen LogP contribution in [0.3, 0.4) is 0 Å². The first-order valence-electron chi connectivity index (χ1n) is 22.1. The summed E-state index contributed by atoms with van der Waals surface area (Å²) in [6.45, 7) is 2.27. The monoisotopic (exact) mass is 815 g/mol. The summed E-state index contributed by atoms with van der Waals surface area (Å²) < 4.78 is 38.5. The number of aliphatic hydroxyl groups excluding tert-OH is 2. The van der Waals surface area contributed by atoms with E-state index in [1.807, 2.05) is 0 Å². The minimum Gasteiger partial charge on any atom is -0.462 e. The fourth-order valence-corrected chi connectivity index (χ4v) is 6.99. The van der Waals surface area contributed by atoms with E-state index in [0.29, 0.717) is 19.3 Å². The molecule has 0 aromatic rings. The van der Waals surface area contributed by atoms with Crippen LogP contribution < -0.4 is 0 Å². The van der Waals surface area contributed by atoms with Gasteiger partial charge in [0.1, 0.15) is 12.7 Å². The van der Waals surface area contributed by atoms with Gasteiger partial charge in [0.25, 0.3) is 0 Å². The van der Waals surface area contributed by atoms with Gasteiger partial charge in [-0.25, -0.2) is 4.57 Å². The molecule has 1 saturated heterocycles. The zero-order valence-electron chi connectivity index (χ0n) is 35.0. The predicted octanol–water partition coefficient (Wildman–Crippen LogP) is 10.5. The number of carbonyl (C=O) groups excluding carboxylic acids is 2. The number of phosphoric acid groups is 1. The van der Waals surface area contributed by atoms with Crippen LogP contribution in [0.25, 0.3) is 0 Å². The van der Waals surface area contributed by atoms with Gasteiger partial charge in [-0.2, -0.15) is 0 Å². The number of unbranched alkanes of at least 4 members (excludes halogenated alkanes) is 17. The number of carbonyl (C=O) groups is 2. The van der Waals surface area contributed by atoms with E-state index in [0.717, 1.165) is 44.9 Å². The molecule has 0 aromatic carbocycles. The van der Waals surface area contributed by atoms with Crippen molar-refractivity contribution in [1.82, 2.24) is 0 Å². The smallest absolute Gasteiger partial charge is 0.462 e. The van der Waals surface area contributed by atoms with Crippen LogP contribution in [-0.4, -0.2) is 77.9 Å².